The van der Waals surface area contributed by atoms with Crippen molar-refractivity contribution in [2.45, 2.75) is 54.4 Å². The summed E-state index contributed by atoms with van der Waals surface area (Å²) in [5, 5.41) is 9.65. The molecule has 0 saturated heterocycles. The van der Waals surface area contributed by atoms with Gasteiger partial charge >= 0.3 is 0 Å². The lowest BCUT2D eigenvalue weighted by Gasteiger charge is -2.30. The Labute approximate surface area is 405 Å². The molecule has 0 spiro atoms. The lowest BCUT2D eigenvalue weighted by molar-refractivity contribution is 0.611. The van der Waals surface area contributed by atoms with Gasteiger partial charge in [0.1, 0.15) is 11.5 Å². The van der Waals surface area contributed by atoms with Crippen LogP contribution in [0, 0.1) is 41.5 Å². The maximum atomic E-state index is 7.94. The van der Waals surface area contributed by atoms with Crippen molar-refractivity contribution in [3.05, 3.63) is 262 Å². The van der Waals surface area contributed by atoms with E-state index in [2.05, 4.69) is 248 Å². The van der Waals surface area contributed by atoms with Gasteiger partial charge in [0.05, 0.1) is 0 Å². The lowest BCUT2D eigenvalue weighted by Crippen LogP contribution is -2.18. The summed E-state index contributed by atoms with van der Waals surface area (Å²) in [6.07, 6.45) is 1.40. The Morgan fingerprint density at radius 3 is 0.971 bits per heavy atom. The number of aryl methyl sites for hydroxylation is 4. The van der Waals surface area contributed by atoms with Crippen LogP contribution in [0.5, 0.6) is 11.5 Å². The van der Waals surface area contributed by atoms with Crippen LogP contribution in [0.3, 0.4) is 0 Å². The summed E-state index contributed by atoms with van der Waals surface area (Å²) < 4.78 is 15.9. The average Bonchev–Trinajstić information content (AvgIpc) is 3.38. The van der Waals surface area contributed by atoms with Gasteiger partial charge in [-0.3, -0.25) is 0 Å². The Hall–Kier alpha value is -6.82. The molecule has 10 aromatic carbocycles. The van der Waals surface area contributed by atoms with E-state index < -0.39 is 16.3 Å². The highest BCUT2D eigenvalue weighted by atomic mass is 31.1. The van der Waals surface area contributed by atoms with Crippen LogP contribution in [0.2, 0.25) is 0 Å². The SMILES string of the molecule is Cc1cc(Cc2c(C)ccc3ccccc23)c(OP(c2ccccc2)c2ccccc2)c(-c2c(C)c(C)cc(Cc3c(C)ccc4ccccc34)c2OP(c2ccccc2)c2ccccc2)c1C. The molecule has 0 aromatic heterocycles. The number of hydrogen-bond acceptors (Lipinski definition) is 2. The van der Waals surface area contributed by atoms with Crippen LogP contribution < -0.4 is 30.3 Å². The second kappa shape index (κ2) is 19.8. The van der Waals surface area contributed by atoms with Crippen LogP contribution in [0.15, 0.2) is 206 Å². The van der Waals surface area contributed by atoms with E-state index in [0.29, 0.717) is 12.8 Å². The maximum Gasteiger partial charge on any atom is 0.150 e. The van der Waals surface area contributed by atoms with Gasteiger partial charge in [0, 0.05) is 45.2 Å². The van der Waals surface area contributed by atoms with Gasteiger partial charge in [-0.1, -0.05) is 206 Å². The van der Waals surface area contributed by atoms with Gasteiger partial charge in [0.25, 0.3) is 0 Å². The van der Waals surface area contributed by atoms with E-state index in [9.17, 15) is 0 Å². The molecule has 10 aromatic rings. The Morgan fingerprint density at radius 1 is 0.324 bits per heavy atom. The molecular weight excluding hydrogens is 863 g/mol. The molecule has 0 N–H and O–H groups in total. The van der Waals surface area contributed by atoms with E-state index in [0.717, 1.165) is 55.0 Å². The van der Waals surface area contributed by atoms with Gasteiger partial charge < -0.3 is 9.05 Å². The largest absolute Gasteiger partial charge is 0.464 e. The minimum absolute atomic E-state index is 0.702. The smallest absolute Gasteiger partial charge is 0.150 e. The fourth-order valence-corrected chi connectivity index (χ4v) is 13.3. The van der Waals surface area contributed by atoms with Gasteiger partial charge in [-0.05, 0) is 119 Å². The van der Waals surface area contributed by atoms with Crippen LogP contribution in [0.25, 0.3) is 32.7 Å². The van der Waals surface area contributed by atoms with Gasteiger partial charge in [-0.25, -0.2) is 0 Å². The zero-order valence-corrected chi connectivity index (χ0v) is 41.5. The van der Waals surface area contributed by atoms with Gasteiger partial charge in [-0.15, -0.1) is 0 Å². The fourth-order valence-electron chi connectivity index (χ4n) is 9.68. The van der Waals surface area contributed by atoms with Crippen molar-refractivity contribution in [2.24, 2.45) is 0 Å². The molecule has 0 aliphatic carbocycles. The second-order valence-corrected chi connectivity index (χ2v) is 21.6. The molecule has 334 valence electrons. The van der Waals surface area contributed by atoms with Crippen LogP contribution >= 0.6 is 16.3 Å². The molecule has 0 aliphatic heterocycles. The van der Waals surface area contributed by atoms with E-state index in [4.69, 9.17) is 9.05 Å². The third-order valence-corrected chi connectivity index (χ3v) is 17.4. The summed E-state index contributed by atoms with van der Waals surface area (Å²) in [7, 11) is -2.63. The summed E-state index contributed by atoms with van der Waals surface area (Å²) in [6.45, 7) is 13.6. The highest BCUT2D eigenvalue weighted by Crippen LogP contribution is 2.53. The molecule has 0 aliphatic rings. The molecule has 0 heterocycles. The second-order valence-electron chi connectivity index (χ2n) is 18.0. The first-order valence-corrected chi connectivity index (χ1v) is 26.1. The molecular formula is C64H56O2P2. The molecule has 0 bridgehead atoms. The predicted molar refractivity (Wildman–Crippen MR) is 293 cm³/mol. The van der Waals surface area contributed by atoms with Crippen LogP contribution in [0.4, 0.5) is 0 Å². The minimum Gasteiger partial charge on any atom is -0.464 e. The highest BCUT2D eigenvalue weighted by molar-refractivity contribution is 7.69. The summed E-state index contributed by atoms with van der Waals surface area (Å²) in [5.41, 5.74) is 14.5. The highest BCUT2D eigenvalue weighted by Gasteiger charge is 2.31. The van der Waals surface area contributed by atoms with Gasteiger partial charge in [0.2, 0.25) is 0 Å². The molecule has 0 fully saturated rings. The summed E-state index contributed by atoms with van der Waals surface area (Å²) >= 11 is 0. The van der Waals surface area contributed by atoms with E-state index in [1.54, 1.807) is 0 Å². The monoisotopic (exact) mass is 918 g/mol. The first-order valence-electron chi connectivity index (χ1n) is 23.6. The third kappa shape index (κ3) is 9.00. The molecule has 0 saturated carbocycles. The Balaban J connectivity index is 1.29. The Bertz CT molecular complexity index is 3100. The molecule has 2 nitrogen and oxygen atoms in total. The zero-order valence-electron chi connectivity index (χ0n) is 39.8. The van der Waals surface area contributed by atoms with Crippen molar-refractivity contribution < 1.29 is 9.05 Å². The van der Waals surface area contributed by atoms with Crippen molar-refractivity contribution in [1.29, 1.82) is 0 Å². The zero-order chi connectivity index (χ0) is 46.7. The topological polar surface area (TPSA) is 18.5 Å². The predicted octanol–water partition coefficient (Wildman–Crippen LogP) is 15.5. The van der Waals surface area contributed by atoms with Crippen molar-refractivity contribution in [3.8, 4) is 22.6 Å². The maximum absolute atomic E-state index is 7.94. The van der Waals surface area contributed by atoms with E-state index in [-0.39, 0.29) is 0 Å². The molecule has 4 heteroatoms. The van der Waals surface area contributed by atoms with Crippen LogP contribution in [-0.2, 0) is 12.8 Å². The number of benzene rings is 10. The van der Waals surface area contributed by atoms with Gasteiger partial charge in [-0.2, -0.15) is 0 Å². The van der Waals surface area contributed by atoms with Crippen molar-refractivity contribution >= 4 is 59.1 Å². The number of fused-ring (bicyclic) bond motifs is 2. The molecule has 68 heavy (non-hydrogen) atoms. The van der Waals surface area contributed by atoms with Crippen LogP contribution in [-0.4, -0.2) is 0 Å². The first kappa shape index (κ1) is 45.0. The Morgan fingerprint density at radius 2 is 0.632 bits per heavy atom. The molecule has 0 radical (unpaired) electrons. The molecule has 10 rings (SSSR count). The van der Waals surface area contributed by atoms with Crippen LogP contribution in [0.1, 0.15) is 55.6 Å². The average molecular weight is 919 g/mol. The quantitative estimate of drug-likeness (QED) is 0.107. The Kier molecular flexibility index (Phi) is 13.1. The van der Waals surface area contributed by atoms with Gasteiger partial charge in [0.15, 0.2) is 16.3 Å². The summed E-state index contributed by atoms with van der Waals surface area (Å²) in [6, 6.07) is 74.6. The standard InChI is InChI=1S/C64H56O2P2/c1-43-35-37-49-23-19-21-33-57(49)59(43)41-51-39-45(3)47(5)61(63(51)65-67(53-25-11-7-12-26-53)54-27-13-8-14-28-54)62-48(6)46(4)40-52(42-60-44(2)36-38-50-24-20-22-34-58(50)60)64(62)66-68(55-29-15-9-16-30-55)56-31-17-10-18-32-56/h7-40H,41-42H2,1-6H3. The number of hydrogen-bond donors (Lipinski definition) is 0. The molecule has 0 amide bonds. The van der Waals surface area contributed by atoms with E-state index >= 15 is 0 Å². The van der Waals surface area contributed by atoms with E-state index in [1.165, 1.54) is 66.1 Å². The molecule has 0 unspecified atom stereocenters. The normalized spacial score (nSPS) is 11.5. The van der Waals surface area contributed by atoms with E-state index in [1.807, 2.05) is 0 Å². The number of rotatable bonds is 13. The molecule has 0 atom stereocenters. The van der Waals surface area contributed by atoms with Crippen molar-refractivity contribution in [3.63, 3.8) is 0 Å². The summed E-state index contributed by atoms with van der Waals surface area (Å²) in [5.74, 6) is 1.82. The van der Waals surface area contributed by atoms with Crippen molar-refractivity contribution in [1.82, 2.24) is 0 Å². The minimum atomic E-state index is -1.31. The summed E-state index contributed by atoms with van der Waals surface area (Å²) in [4.78, 5) is 0. The lowest BCUT2D eigenvalue weighted by atomic mass is 9.84. The third-order valence-electron chi connectivity index (χ3n) is 13.6. The first-order chi connectivity index (χ1) is 33.2. The fraction of sp³-hybridized carbons (Fsp3) is 0.125. The van der Waals surface area contributed by atoms with Crippen molar-refractivity contribution in [2.75, 3.05) is 0 Å².